The van der Waals surface area contributed by atoms with E-state index in [2.05, 4.69) is 54.3 Å². The van der Waals surface area contributed by atoms with Gasteiger partial charge in [-0.1, -0.05) is 49.7 Å². The number of hydrazone groups is 1. The van der Waals surface area contributed by atoms with Crippen LogP contribution in [0.15, 0.2) is 57.0 Å². The zero-order chi connectivity index (χ0) is 26.8. The maximum absolute atomic E-state index is 12.8. The molecule has 2 aromatic carbocycles. The van der Waals surface area contributed by atoms with E-state index in [-0.39, 0.29) is 10.9 Å². The van der Waals surface area contributed by atoms with Gasteiger partial charge in [0, 0.05) is 5.02 Å². The van der Waals surface area contributed by atoms with Crippen LogP contribution in [-0.2, 0) is 9.59 Å². The Hall–Kier alpha value is -2.07. The summed E-state index contributed by atoms with van der Waals surface area (Å²) >= 11 is 18.9. The van der Waals surface area contributed by atoms with E-state index in [9.17, 15) is 9.59 Å². The van der Waals surface area contributed by atoms with Crippen molar-refractivity contribution in [1.29, 1.82) is 0 Å². The predicted octanol–water partition coefficient (Wildman–Crippen LogP) is 6.53. The summed E-state index contributed by atoms with van der Waals surface area (Å²) in [5.74, 6) is 0.174. The number of carbonyl (C=O) groups is 2. The molecule has 0 unspecified atom stereocenters. The minimum atomic E-state index is -0.897. The van der Waals surface area contributed by atoms with Crippen LogP contribution in [0.4, 0.5) is 0 Å². The molecule has 7 nitrogen and oxygen atoms in total. The molecule has 11 heteroatoms. The average Bonchev–Trinajstić information content (AvgIpc) is 2.79. The van der Waals surface area contributed by atoms with Crippen LogP contribution in [0.5, 0.6) is 11.5 Å². The second kappa shape index (κ2) is 14.6. The van der Waals surface area contributed by atoms with Gasteiger partial charge in [0.1, 0.15) is 24.1 Å². The molecule has 2 atom stereocenters. The fraction of sp³-hybridized carbons (Fsp3) is 0.320. The summed E-state index contributed by atoms with van der Waals surface area (Å²) in [6.07, 6.45) is 2.66. The molecule has 36 heavy (non-hydrogen) atoms. The molecule has 0 aliphatic rings. The summed E-state index contributed by atoms with van der Waals surface area (Å²) in [7, 11) is 0. The largest absolute Gasteiger partial charge is 0.487 e. The molecule has 2 aromatic rings. The minimum Gasteiger partial charge on any atom is -0.487 e. The number of nitrogens with zero attached hydrogens (tertiary/aromatic N) is 1. The van der Waals surface area contributed by atoms with E-state index in [4.69, 9.17) is 32.7 Å². The van der Waals surface area contributed by atoms with Crippen LogP contribution in [0.3, 0.4) is 0 Å². The van der Waals surface area contributed by atoms with Gasteiger partial charge >= 0.3 is 0 Å². The van der Waals surface area contributed by atoms with Crippen molar-refractivity contribution in [1.82, 2.24) is 10.7 Å². The van der Waals surface area contributed by atoms with Crippen molar-refractivity contribution in [2.24, 2.45) is 11.0 Å². The van der Waals surface area contributed by atoms with E-state index in [1.165, 1.54) is 12.3 Å². The van der Waals surface area contributed by atoms with Crippen LogP contribution in [0.1, 0.15) is 32.8 Å². The molecule has 2 rings (SSSR count). The van der Waals surface area contributed by atoms with E-state index in [0.29, 0.717) is 44.1 Å². The first-order valence-corrected chi connectivity index (χ1v) is 13.3. The van der Waals surface area contributed by atoms with Gasteiger partial charge in [0.25, 0.3) is 11.8 Å². The smallest absolute Gasteiger partial charge is 0.262 e. The number of carbonyl (C=O) groups excluding carboxylic acids is 2. The third-order valence-corrected chi connectivity index (χ3v) is 6.37. The molecular formula is C25H27Br2Cl2N3O4. The van der Waals surface area contributed by atoms with Crippen molar-refractivity contribution < 1.29 is 19.1 Å². The fourth-order valence-corrected chi connectivity index (χ4v) is 4.89. The third-order valence-electron chi connectivity index (χ3n) is 4.66. The molecule has 0 fully saturated rings. The van der Waals surface area contributed by atoms with E-state index < -0.39 is 24.0 Å². The lowest BCUT2D eigenvalue weighted by molar-refractivity contribution is -0.132. The molecule has 2 amide bonds. The SMILES string of the molecule is C=CCOc1c(Br)cc(/C=N\NC(=O)[C@H](CC(C)C)NC(=O)[C@H](C)Oc2ccc(Cl)cc2Cl)cc1Br. The molecule has 0 aromatic heterocycles. The molecule has 0 aliphatic heterocycles. The van der Waals surface area contributed by atoms with E-state index in [1.54, 1.807) is 37.3 Å². The lowest BCUT2D eigenvalue weighted by atomic mass is 10.0. The van der Waals surface area contributed by atoms with Gasteiger partial charge in [-0.25, -0.2) is 5.43 Å². The Labute approximate surface area is 237 Å². The van der Waals surface area contributed by atoms with Crippen molar-refractivity contribution in [3.63, 3.8) is 0 Å². The monoisotopic (exact) mass is 661 g/mol. The Bertz CT molecular complexity index is 1110. The maximum Gasteiger partial charge on any atom is 0.262 e. The molecule has 0 bridgehead atoms. The quantitative estimate of drug-likeness (QED) is 0.154. The molecule has 0 saturated heterocycles. The van der Waals surface area contributed by atoms with Gasteiger partial charge in [-0.05, 0) is 87.0 Å². The van der Waals surface area contributed by atoms with Crippen molar-refractivity contribution in [2.45, 2.75) is 39.3 Å². The molecule has 0 aliphatic carbocycles. The minimum absolute atomic E-state index is 0.141. The summed E-state index contributed by atoms with van der Waals surface area (Å²) in [4.78, 5) is 25.6. The average molecular weight is 664 g/mol. The standard InChI is InChI=1S/C25H27Br2Cl2N3O4/c1-5-8-35-23-18(26)10-16(11-19(23)27)13-30-32-25(34)21(9-14(2)3)31-24(33)15(4)36-22-7-6-17(28)12-20(22)29/h5-7,10-15,21H,1,8-9H2,2-4H3,(H,31,33)(H,32,34)/b30-13-/t15-,21-/m0/s1. The van der Waals surface area contributed by atoms with Gasteiger partial charge in [0.05, 0.1) is 20.2 Å². The van der Waals surface area contributed by atoms with E-state index >= 15 is 0 Å². The summed E-state index contributed by atoms with van der Waals surface area (Å²) in [5, 5.41) is 7.52. The summed E-state index contributed by atoms with van der Waals surface area (Å²) in [6, 6.07) is 7.50. The van der Waals surface area contributed by atoms with Crippen molar-refractivity contribution in [3.8, 4) is 11.5 Å². The van der Waals surface area contributed by atoms with E-state index in [1.807, 2.05) is 13.8 Å². The predicted molar refractivity (Wildman–Crippen MR) is 151 cm³/mol. The molecule has 0 saturated carbocycles. The highest BCUT2D eigenvalue weighted by molar-refractivity contribution is 9.11. The highest BCUT2D eigenvalue weighted by atomic mass is 79.9. The first-order valence-electron chi connectivity index (χ1n) is 11.0. The van der Waals surface area contributed by atoms with Gasteiger partial charge < -0.3 is 14.8 Å². The lowest BCUT2D eigenvalue weighted by Crippen LogP contribution is -2.49. The van der Waals surface area contributed by atoms with Crippen LogP contribution >= 0.6 is 55.1 Å². The summed E-state index contributed by atoms with van der Waals surface area (Å²) < 4.78 is 12.7. The zero-order valence-corrected chi connectivity index (χ0v) is 24.7. The topological polar surface area (TPSA) is 89.0 Å². The van der Waals surface area contributed by atoms with Crippen molar-refractivity contribution in [2.75, 3.05) is 6.61 Å². The maximum atomic E-state index is 12.8. The van der Waals surface area contributed by atoms with Crippen molar-refractivity contribution in [3.05, 3.63) is 67.5 Å². The summed E-state index contributed by atoms with van der Waals surface area (Å²) in [5.41, 5.74) is 3.21. The molecular weight excluding hydrogens is 637 g/mol. The van der Waals surface area contributed by atoms with Gasteiger partial charge in [-0.3, -0.25) is 9.59 Å². The van der Waals surface area contributed by atoms with Crippen LogP contribution in [0.2, 0.25) is 10.0 Å². The Morgan fingerprint density at radius 2 is 1.78 bits per heavy atom. The van der Waals surface area contributed by atoms with Gasteiger partial charge in [-0.2, -0.15) is 5.10 Å². The normalized spacial score (nSPS) is 12.8. The van der Waals surface area contributed by atoms with Crippen LogP contribution in [0, 0.1) is 5.92 Å². The van der Waals surface area contributed by atoms with Gasteiger partial charge in [-0.15, -0.1) is 0 Å². The Morgan fingerprint density at radius 3 is 2.36 bits per heavy atom. The van der Waals surface area contributed by atoms with Gasteiger partial charge in [0.15, 0.2) is 6.10 Å². The molecule has 2 N–H and O–H groups in total. The third kappa shape index (κ3) is 9.42. The molecule has 194 valence electrons. The first kappa shape index (κ1) is 30.2. The number of hydrogen-bond acceptors (Lipinski definition) is 5. The number of amides is 2. The van der Waals surface area contributed by atoms with Crippen LogP contribution in [-0.4, -0.2) is 36.8 Å². The van der Waals surface area contributed by atoms with Crippen LogP contribution in [0.25, 0.3) is 0 Å². The van der Waals surface area contributed by atoms with Crippen molar-refractivity contribution >= 4 is 73.1 Å². The fourth-order valence-electron chi connectivity index (χ4n) is 2.99. The molecule has 0 heterocycles. The number of halogens is 4. The number of ether oxygens (including phenoxy) is 2. The Balaban J connectivity index is 2.04. The second-order valence-corrected chi connectivity index (χ2v) is 10.7. The Morgan fingerprint density at radius 1 is 1.11 bits per heavy atom. The number of rotatable bonds is 12. The number of benzene rings is 2. The summed E-state index contributed by atoms with van der Waals surface area (Å²) in [6.45, 7) is 9.47. The molecule has 0 radical (unpaired) electrons. The zero-order valence-electron chi connectivity index (χ0n) is 20.0. The second-order valence-electron chi connectivity index (χ2n) is 8.17. The lowest BCUT2D eigenvalue weighted by Gasteiger charge is -2.22. The number of hydrogen-bond donors (Lipinski definition) is 2. The highest BCUT2D eigenvalue weighted by Crippen LogP contribution is 2.34. The van der Waals surface area contributed by atoms with Crippen LogP contribution < -0.4 is 20.2 Å². The highest BCUT2D eigenvalue weighted by Gasteiger charge is 2.25. The molecule has 0 spiro atoms. The van der Waals surface area contributed by atoms with Gasteiger partial charge in [0.2, 0.25) is 0 Å². The Kier molecular flexibility index (Phi) is 12.2. The first-order chi connectivity index (χ1) is 17.0. The number of nitrogens with one attached hydrogen (secondary N) is 2. The van der Waals surface area contributed by atoms with E-state index in [0.717, 1.165) is 0 Å².